The summed E-state index contributed by atoms with van der Waals surface area (Å²) in [6, 6.07) is 24.2. The molecule has 3 aromatic carbocycles. The summed E-state index contributed by atoms with van der Waals surface area (Å²) in [6.45, 7) is 1.67. The molecular weight excluding hydrogens is 307 g/mol. The van der Waals surface area contributed by atoms with Crippen molar-refractivity contribution in [1.29, 1.82) is 0 Å². The van der Waals surface area contributed by atoms with Crippen LogP contribution in [0.25, 0.3) is 11.1 Å². The first kappa shape index (κ1) is 15.4. The van der Waals surface area contributed by atoms with E-state index in [4.69, 9.17) is 9.63 Å². The van der Waals surface area contributed by atoms with Gasteiger partial charge < -0.3 is 9.63 Å². The molecule has 0 amide bonds. The van der Waals surface area contributed by atoms with E-state index in [1.165, 1.54) is 0 Å². The van der Waals surface area contributed by atoms with Crippen LogP contribution in [0.1, 0.15) is 0 Å². The topological polar surface area (TPSA) is 46.5 Å². The molecule has 0 saturated heterocycles. The Labute approximate surface area is 135 Å². The molecule has 1 atom stereocenters. The number of benzene rings is 3. The third-order valence-electron chi connectivity index (χ3n) is 3.55. The normalized spacial score (nSPS) is 17.8. The van der Waals surface area contributed by atoms with Crippen molar-refractivity contribution in [3.05, 3.63) is 78.9 Å². The summed E-state index contributed by atoms with van der Waals surface area (Å²) in [6.07, 6.45) is 0. The highest BCUT2D eigenvalue weighted by molar-refractivity contribution is 7.67. The first-order chi connectivity index (χ1) is 11.1. The molecule has 0 fully saturated rings. The standard InChI is InChI=1S/C13H11O2P.C6H6O/c1-16(14)13-9-5-3-7-11(13)10-6-2-4-8-12(10)15-16;7-6-4-2-1-3-5-6/h2-9H,1H3;1-5,7H. The number of aromatic hydroxyl groups is 1. The van der Waals surface area contributed by atoms with Crippen LogP contribution in [0, 0.1) is 0 Å². The van der Waals surface area contributed by atoms with Gasteiger partial charge in [0.2, 0.25) is 0 Å². The molecule has 0 saturated carbocycles. The fraction of sp³-hybridized carbons (Fsp3) is 0.0526. The summed E-state index contributed by atoms with van der Waals surface area (Å²) in [5.74, 6) is 1.04. The maximum absolute atomic E-state index is 12.4. The van der Waals surface area contributed by atoms with Crippen molar-refractivity contribution < 1.29 is 14.2 Å². The maximum Gasteiger partial charge on any atom is 0.274 e. The van der Waals surface area contributed by atoms with Crippen LogP contribution in [0.5, 0.6) is 11.5 Å². The predicted octanol–water partition coefficient (Wildman–Crippen LogP) is 4.67. The van der Waals surface area contributed by atoms with E-state index >= 15 is 0 Å². The Kier molecular flexibility index (Phi) is 4.22. The number of fused-ring (bicyclic) bond motifs is 3. The van der Waals surface area contributed by atoms with Gasteiger partial charge in [0.25, 0.3) is 7.37 Å². The van der Waals surface area contributed by atoms with Crippen LogP contribution in [-0.2, 0) is 4.57 Å². The smallest absolute Gasteiger partial charge is 0.274 e. The van der Waals surface area contributed by atoms with Crippen molar-refractivity contribution in [2.75, 3.05) is 6.66 Å². The Morgan fingerprint density at radius 3 is 2.00 bits per heavy atom. The molecule has 4 heteroatoms. The molecule has 1 heterocycles. The first-order valence-corrected chi connectivity index (χ1v) is 9.35. The number of hydrogen-bond donors (Lipinski definition) is 1. The molecule has 4 rings (SSSR count). The zero-order valence-electron chi connectivity index (χ0n) is 12.7. The highest BCUT2D eigenvalue weighted by Crippen LogP contribution is 2.51. The molecule has 1 unspecified atom stereocenters. The minimum Gasteiger partial charge on any atom is -0.508 e. The van der Waals surface area contributed by atoms with Crippen LogP contribution >= 0.6 is 7.37 Å². The van der Waals surface area contributed by atoms with Gasteiger partial charge in [-0.15, -0.1) is 0 Å². The van der Waals surface area contributed by atoms with Crippen LogP contribution in [-0.4, -0.2) is 11.8 Å². The van der Waals surface area contributed by atoms with Crippen molar-refractivity contribution >= 4 is 12.7 Å². The minimum atomic E-state index is -2.71. The van der Waals surface area contributed by atoms with Gasteiger partial charge in [0, 0.05) is 12.2 Å². The Morgan fingerprint density at radius 1 is 0.783 bits per heavy atom. The van der Waals surface area contributed by atoms with E-state index in [1.54, 1.807) is 30.9 Å². The van der Waals surface area contributed by atoms with Crippen molar-refractivity contribution in [3.63, 3.8) is 0 Å². The van der Waals surface area contributed by atoms with Gasteiger partial charge in [0.15, 0.2) is 0 Å². The van der Waals surface area contributed by atoms with Crippen LogP contribution < -0.4 is 9.83 Å². The van der Waals surface area contributed by atoms with Gasteiger partial charge >= 0.3 is 0 Å². The minimum absolute atomic E-state index is 0.322. The molecule has 0 aromatic heterocycles. The van der Waals surface area contributed by atoms with Crippen molar-refractivity contribution in [2.45, 2.75) is 0 Å². The Balaban J connectivity index is 0.000000188. The maximum atomic E-state index is 12.4. The second-order valence-corrected chi connectivity index (χ2v) is 7.64. The largest absolute Gasteiger partial charge is 0.508 e. The molecule has 0 spiro atoms. The van der Waals surface area contributed by atoms with Crippen LogP contribution in [0.15, 0.2) is 78.9 Å². The van der Waals surface area contributed by atoms with Gasteiger partial charge in [-0.2, -0.15) is 0 Å². The number of phenolic OH excluding ortho intramolecular Hbond substituents is 1. The summed E-state index contributed by atoms with van der Waals surface area (Å²) in [7, 11) is -2.71. The van der Waals surface area contributed by atoms with Crippen LogP contribution in [0.2, 0.25) is 0 Å². The van der Waals surface area contributed by atoms with Gasteiger partial charge in [-0.1, -0.05) is 54.6 Å². The summed E-state index contributed by atoms with van der Waals surface area (Å²) >= 11 is 0. The Bertz CT molecular complexity index is 859. The summed E-state index contributed by atoms with van der Waals surface area (Å²) in [5.41, 5.74) is 2.04. The monoisotopic (exact) mass is 324 g/mol. The lowest BCUT2D eigenvalue weighted by Crippen LogP contribution is -2.16. The average Bonchev–Trinajstić information content (AvgIpc) is 2.56. The van der Waals surface area contributed by atoms with E-state index in [0.29, 0.717) is 11.5 Å². The number of hydrogen-bond acceptors (Lipinski definition) is 3. The van der Waals surface area contributed by atoms with Gasteiger partial charge in [0.05, 0.1) is 5.30 Å². The third kappa shape index (κ3) is 3.30. The molecule has 3 aromatic rings. The molecule has 1 aliphatic rings. The Morgan fingerprint density at radius 2 is 1.35 bits per heavy atom. The number of para-hydroxylation sites is 2. The van der Waals surface area contributed by atoms with Crippen molar-refractivity contribution in [3.8, 4) is 22.6 Å². The van der Waals surface area contributed by atoms with E-state index in [2.05, 4.69) is 0 Å². The molecule has 0 aliphatic carbocycles. The average molecular weight is 324 g/mol. The number of rotatable bonds is 0. The molecular formula is C19H17O3P. The van der Waals surface area contributed by atoms with Gasteiger partial charge in [0.1, 0.15) is 11.5 Å². The molecule has 116 valence electrons. The molecule has 1 aliphatic heterocycles. The van der Waals surface area contributed by atoms with Crippen molar-refractivity contribution in [1.82, 2.24) is 0 Å². The highest BCUT2D eigenvalue weighted by Gasteiger charge is 2.30. The van der Waals surface area contributed by atoms with E-state index in [9.17, 15) is 4.57 Å². The predicted molar refractivity (Wildman–Crippen MR) is 93.8 cm³/mol. The fourth-order valence-corrected chi connectivity index (χ4v) is 4.11. The lowest BCUT2D eigenvalue weighted by atomic mass is 10.0. The van der Waals surface area contributed by atoms with Crippen molar-refractivity contribution in [2.24, 2.45) is 0 Å². The summed E-state index contributed by atoms with van der Waals surface area (Å²) < 4.78 is 18.0. The Hall–Kier alpha value is -2.51. The molecule has 0 radical (unpaired) electrons. The zero-order chi connectivity index (χ0) is 16.3. The zero-order valence-corrected chi connectivity index (χ0v) is 13.6. The van der Waals surface area contributed by atoms with Gasteiger partial charge in [-0.3, -0.25) is 4.57 Å². The number of phenols is 1. The van der Waals surface area contributed by atoms with E-state index in [1.807, 2.05) is 54.6 Å². The van der Waals surface area contributed by atoms with E-state index in [0.717, 1.165) is 16.4 Å². The second-order valence-electron chi connectivity index (χ2n) is 5.29. The molecule has 3 nitrogen and oxygen atoms in total. The highest BCUT2D eigenvalue weighted by atomic mass is 31.2. The molecule has 23 heavy (non-hydrogen) atoms. The van der Waals surface area contributed by atoms with Gasteiger partial charge in [-0.25, -0.2) is 0 Å². The molecule has 1 N–H and O–H groups in total. The quantitative estimate of drug-likeness (QED) is 0.611. The van der Waals surface area contributed by atoms with Crippen LogP contribution in [0.4, 0.5) is 0 Å². The molecule has 0 bridgehead atoms. The third-order valence-corrected chi connectivity index (χ3v) is 5.36. The summed E-state index contributed by atoms with van der Waals surface area (Å²) in [5, 5.41) is 9.45. The lowest BCUT2D eigenvalue weighted by molar-refractivity contribution is 0.475. The lowest BCUT2D eigenvalue weighted by Gasteiger charge is -2.25. The SMILES string of the molecule is CP1(=O)Oc2ccccc2-c2ccccc21.Oc1ccccc1. The van der Waals surface area contributed by atoms with Crippen LogP contribution in [0.3, 0.4) is 0 Å². The first-order valence-electron chi connectivity index (χ1n) is 7.28. The van der Waals surface area contributed by atoms with E-state index < -0.39 is 7.37 Å². The second kappa shape index (κ2) is 6.31. The summed E-state index contributed by atoms with van der Waals surface area (Å²) in [4.78, 5) is 0. The van der Waals surface area contributed by atoms with Gasteiger partial charge in [-0.05, 0) is 29.8 Å². The fourth-order valence-electron chi connectivity index (χ4n) is 2.49. The van der Waals surface area contributed by atoms with E-state index in [-0.39, 0.29) is 0 Å².